The van der Waals surface area contributed by atoms with Gasteiger partial charge in [0.05, 0.1) is 0 Å². The normalized spacial score (nSPS) is 0. The molecule has 0 rings (SSSR count). The molecule has 0 amide bonds. The monoisotopic (exact) mass is 284 g/mol. The van der Waals surface area contributed by atoms with Crippen LogP contribution in [0.1, 0.15) is 0 Å². The predicted octanol–water partition coefficient (Wildman–Crippen LogP) is -0.0125. The van der Waals surface area contributed by atoms with E-state index in [1.807, 2.05) is 0 Å². The molecule has 5 heteroatoms. The summed E-state index contributed by atoms with van der Waals surface area (Å²) in [7, 11) is 0. The molecule has 5 heavy (non-hydrogen) atoms. The Hall–Kier alpha value is 2.51. The Morgan fingerprint density at radius 2 is 0.400 bits per heavy atom. The fraction of sp³-hybridized carbons (Fsp3) is 0. The van der Waals surface area contributed by atoms with E-state index in [1.165, 1.54) is 0 Å². The maximum atomic E-state index is 0. The molecule has 0 saturated heterocycles. The van der Waals surface area contributed by atoms with Gasteiger partial charge in [-0.3, -0.25) is 0 Å². The van der Waals surface area contributed by atoms with Crippen LogP contribution in [-0.2, 0) is 83.3 Å². The van der Waals surface area contributed by atoms with Crippen LogP contribution in [0, 0.1) is 0 Å². The smallest absolute Gasteiger partial charge is 0 e. The van der Waals surface area contributed by atoms with Crippen molar-refractivity contribution in [3.8, 4) is 0 Å². The molecule has 0 bridgehead atoms. The molecule has 0 radical (unpaired) electrons. The summed E-state index contributed by atoms with van der Waals surface area (Å²) < 4.78 is 0. The third-order valence-electron chi connectivity index (χ3n) is 0. The molecule has 0 fully saturated rings. The van der Waals surface area contributed by atoms with Gasteiger partial charge >= 0.3 is 0 Å². The molecule has 0 aliphatic heterocycles. The first-order valence-electron chi connectivity index (χ1n) is 0. The van der Waals surface area contributed by atoms with E-state index in [0.29, 0.717) is 0 Å². The van der Waals surface area contributed by atoms with Crippen LogP contribution in [0.3, 0.4) is 0 Å². The molecule has 0 aromatic heterocycles. The molecule has 0 unspecified atom stereocenters. The van der Waals surface area contributed by atoms with Crippen LogP contribution in [0.2, 0.25) is 0 Å². The van der Waals surface area contributed by atoms with E-state index in [9.17, 15) is 0 Å². The second-order valence-electron chi connectivity index (χ2n) is 0. The average molecular weight is 287 g/mol. The van der Waals surface area contributed by atoms with Crippen molar-refractivity contribution in [3.05, 3.63) is 0 Å². The van der Waals surface area contributed by atoms with Crippen LogP contribution in [-0.4, -0.2) is 0 Å². The van der Waals surface area contributed by atoms with E-state index < -0.39 is 0 Å². The molecule has 0 aliphatic carbocycles. The second-order valence-corrected chi connectivity index (χ2v) is 0. The van der Waals surface area contributed by atoms with Gasteiger partial charge in [0, 0.05) is 83.3 Å². The van der Waals surface area contributed by atoms with Crippen molar-refractivity contribution in [2.45, 2.75) is 0 Å². The molecule has 0 atom stereocenters. The number of hydrogen-bond acceptors (Lipinski definition) is 0. The van der Waals surface area contributed by atoms with Crippen LogP contribution < -0.4 is 0 Å². The summed E-state index contributed by atoms with van der Waals surface area (Å²) in [5.74, 6) is 0. The Bertz CT molecular complexity index is 3.61. The predicted molar refractivity (Wildman–Crippen MR) is 0 cm³/mol. The summed E-state index contributed by atoms with van der Waals surface area (Å²) in [4.78, 5) is 0. The van der Waals surface area contributed by atoms with Crippen LogP contribution in [0.4, 0.5) is 0 Å². The fourth-order valence-electron chi connectivity index (χ4n) is 0. The zero-order chi connectivity index (χ0) is 0. The standard InChI is InChI=1S/Cr.4Ni. The Kier molecular flexibility index (Phi) is 318. The minimum Gasteiger partial charge on any atom is 0 e. The molecule has 0 spiro atoms. The Morgan fingerprint density at radius 1 is 0.400 bits per heavy atom. The minimum absolute atomic E-state index is 0. The van der Waals surface area contributed by atoms with E-state index in [1.54, 1.807) is 0 Å². The molecule has 0 saturated carbocycles. The SMILES string of the molecule is [Cr].[Ni].[Ni].[Ni].[Ni]. The molecule has 0 N–H and O–H groups in total. The molecular formula is CrNi4. The third kappa shape index (κ3) is 21.0. The minimum atomic E-state index is 0. The zero-order valence-corrected chi connectivity index (χ0v) is 6.90. The third-order valence-corrected chi connectivity index (χ3v) is 0. The molecule has 0 aromatic carbocycles. The van der Waals surface area contributed by atoms with E-state index in [0.717, 1.165) is 0 Å². The Morgan fingerprint density at radius 3 is 0.400 bits per heavy atom. The molecule has 0 heterocycles. The van der Waals surface area contributed by atoms with Crippen molar-refractivity contribution in [2.75, 3.05) is 0 Å². The van der Waals surface area contributed by atoms with Gasteiger partial charge in [0.2, 0.25) is 0 Å². The summed E-state index contributed by atoms with van der Waals surface area (Å²) >= 11 is 0. The van der Waals surface area contributed by atoms with Gasteiger partial charge in [0.25, 0.3) is 0 Å². The van der Waals surface area contributed by atoms with Crippen molar-refractivity contribution in [3.63, 3.8) is 0 Å². The van der Waals surface area contributed by atoms with E-state index in [2.05, 4.69) is 0 Å². The summed E-state index contributed by atoms with van der Waals surface area (Å²) in [6.07, 6.45) is 0. The molecular weight excluding hydrogens is 287 g/mol. The number of rotatable bonds is 0. The van der Waals surface area contributed by atoms with Gasteiger partial charge in [-0.2, -0.15) is 0 Å². The van der Waals surface area contributed by atoms with Gasteiger partial charge in [-0.05, 0) is 0 Å². The summed E-state index contributed by atoms with van der Waals surface area (Å²) in [6, 6.07) is 0. The van der Waals surface area contributed by atoms with Gasteiger partial charge in [-0.25, -0.2) is 0 Å². The zero-order valence-electron chi connectivity index (χ0n) is 1.67. The van der Waals surface area contributed by atoms with Crippen molar-refractivity contribution in [1.82, 2.24) is 0 Å². The van der Waals surface area contributed by atoms with E-state index >= 15 is 0 Å². The van der Waals surface area contributed by atoms with Crippen molar-refractivity contribution in [2.24, 2.45) is 0 Å². The van der Waals surface area contributed by atoms with Gasteiger partial charge in [-0.1, -0.05) is 0 Å². The first kappa shape index (κ1) is 50.6. The van der Waals surface area contributed by atoms with Gasteiger partial charge in [0.15, 0.2) is 0 Å². The molecule has 46 valence electrons. The second kappa shape index (κ2) is 31.4. The van der Waals surface area contributed by atoms with Crippen LogP contribution in [0.25, 0.3) is 0 Å². The first-order chi connectivity index (χ1) is 0. The molecule has 0 aromatic rings. The van der Waals surface area contributed by atoms with Crippen molar-refractivity contribution >= 4 is 0 Å². The van der Waals surface area contributed by atoms with Crippen LogP contribution in [0.5, 0.6) is 0 Å². The Labute approximate surface area is 82.4 Å². The summed E-state index contributed by atoms with van der Waals surface area (Å²) in [5, 5.41) is 0. The quantitative estimate of drug-likeness (QED) is 0.550. The van der Waals surface area contributed by atoms with Crippen molar-refractivity contribution < 1.29 is 83.3 Å². The largest absolute Gasteiger partial charge is 0 e. The van der Waals surface area contributed by atoms with Gasteiger partial charge in [-0.15, -0.1) is 0 Å². The van der Waals surface area contributed by atoms with Gasteiger partial charge in [0.1, 0.15) is 0 Å². The Balaban J connectivity index is 0. The molecule has 0 aliphatic rings. The summed E-state index contributed by atoms with van der Waals surface area (Å²) in [5.41, 5.74) is 0. The van der Waals surface area contributed by atoms with Crippen molar-refractivity contribution in [1.29, 1.82) is 0 Å². The maximum Gasteiger partial charge on any atom is 0 e. The van der Waals surface area contributed by atoms with Gasteiger partial charge < -0.3 is 0 Å². The van der Waals surface area contributed by atoms with E-state index in [4.69, 9.17) is 0 Å². The fourth-order valence-corrected chi connectivity index (χ4v) is 0. The first-order valence-corrected chi connectivity index (χ1v) is 0. The van der Waals surface area contributed by atoms with Crippen LogP contribution in [0.15, 0.2) is 0 Å². The van der Waals surface area contributed by atoms with Crippen LogP contribution >= 0.6 is 0 Å². The maximum absolute atomic E-state index is 0. The summed E-state index contributed by atoms with van der Waals surface area (Å²) in [6.45, 7) is 0. The number of hydrogen-bond donors (Lipinski definition) is 0. The van der Waals surface area contributed by atoms with E-state index in [-0.39, 0.29) is 83.3 Å². The molecule has 0 nitrogen and oxygen atoms in total. The topological polar surface area (TPSA) is 0 Å². The average Bonchev–Trinajstić information content (AvgIpc) is 0.